The van der Waals surface area contributed by atoms with Crippen molar-refractivity contribution in [3.05, 3.63) is 76.9 Å². The lowest BCUT2D eigenvalue weighted by Gasteiger charge is -2.11. The fraction of sp³-hybridized carbons (Fsp3) is 0.227. The van der Waals surface area contributed by atoms with Crippen LogP contribution < -0.4 is 10.1 Å². The van der Waals surface area contributed by atoms with Crippen molar-refractivity contribution in [2.45, 2.75) is 26.8 Å². The van der Waals surface area contributed by atoms with Crippen molar-refractivity contribution in [2.24, 2.45) is 0 Å². The molecule has 4 aromatic rings. The van der Waals surface area contributed by atoms with Crippen molar-refractivity contribution >= 4 is 16.9 Å². The molecule has 0 bridgehead atoms. The zero-order valence-corrected chi connectivity index (χ0v) is 16.3. The van der Waals surface area contributed by atoms with Gasteiger partial charge in [0.1, 0.15) is 11.5 Å². The fourth-order valence-electron chi connectivity index (χ4n) is 3.32. The van der Waals surface area contributed by atoms with E-state index < -0.39 is 0 Å². The number of nitrogens with zero attached hydrogens (tertiary/aromatic N) is 3. The first-order chi connectivity index (χ1) is 13.6. The van der Waals surface area contributed by atoms with Gasteiger partial charge in [-0.15, -0.1) is 0 Å². The molecule has 0 fully saturated rings. The molecule has 0 amide bonds. The zero-order valence-electron chi connectivity index (χ0n) is 16.3. The number of methoxy groups -OCH3 is 1. The Morgan fingerprint density at radius 1 is 1.07 bits per heavy atom. The summed E-state index contributed by atoms with van der Waals surface area (Å²) in [6.45, 7) is 4.72. The maximum atomic E-state index is 5.30. The first-order valence-corrected chi connectivity index (χ1v) is 9.25. The van der Waals surface area contributed by atoms with E-state index in [1.54, 1.807) is 13.3 Å². The first kappa shape index (κ1) is 18.0. The highest BCUT2D eigenvalue weighted by molar-refractivity contribution is 5.80. The molecule has 0 aromatic carbocycles. The SMILES string of the molecule is COc1ncccc1CNc1ccc(Cc2c[nH]c3ncc(C)cc23)c(C)n1. The lowest BCUT2D eigenvalue weighted by Crippen LogP contribution is -2.05. The molecule has 0 atom stereocenters. The third kappa shape index (κ3) is 3.67. The fourth-order valence-corrected chi connectivity index (χ4v) is 3.32. The van der Waals surface area contributed by atoms with Gasteiger partial charge in [-0.3, -0.25) is 0 Å². The number of ether oxygens (including phenoxy) is 1. The molecule has 0 saturated heterocycles. The average molecular weight is 373 g/mol. The van der Waals surface area contributed by atoms with Gasteiger partial charge in [0.2, 0.25) is 5.88 Å². The van der Waals surface area contributed by atoms with Gasteiger partial charge in [-0.2, -0.15) is 0 Å². The Balaban J connectivity index is 1.50. The van der Waals surface area contributed by atoms with Crippen LogP contribution in [0.3, 0.4) is 0 Å². The average Bonchev–Trinajstić information content (AvgIpc) is 3.10. The largest absolute Gasteiger partial charge is 0.481 e. The highest BCUT2D eigenvalue weighted by Gasteiger charge is 2.09. The van der Waals surface area contributed by atoms with E-state index in [9.17, 15) is 0 Å². The number of nitrogens with one attached hydrogen (secondary N) is 2. The van der Waals surface area contributed by atoms with Gasteiger partial charge < -0.3 is 15.0 Å². The van der Waals surface area contributed by atoms with E-state index in [0.29, 0.717) is 12.4 Å². The Kier molecular flexibility index (Phi) is 4.93. The summed E-state index contributed by atoms with van der Waals surface area (Å²) in [6.07, 6.45) is 6.46. The Morgan fingerprint density at radius 2 is 1.96 bits per heavy atom. The van der Waals surface area contributed by atoms with Crippen LogP contribution in [0.5, 0.6) is 5.88 Å². The van der Waals surface area contributed by atoms with E-state index in [2.05, 4.69) is 39.3 Å². The molecule has 0 aliphatic carbocycles. The van der Waals surface area contributed by atoms with E-state index in [4.69, 9.17) is 9.72 Å². The minimum absolute atomic E-state index is 0.607. The van der Waals surface area contributed by atoms with E-state index in [1.165, 1.54) is 16.5 Å². The maximum absolute atomic E-state index is 5.30. The quantitative estimate of drug-likeness (QED) is 0.530. The third-order valence-corrected chi connectivity index (χ3v) is 4.83. The molecule has 142 valence electrons. The predicted octanol–water partition coefficient (Wildman–Crippen LogP) is 4.18. The minimum Gasteiger partial charge on any atom is -0.481 e. The van der Waals surface area contributed by atoms with Gasteiger partial charge >= 0.3 is 0 Å². The molecular formula is C22H23N5O. The molecule has 0 unspecified atom stereocenters. The standard InChI is InChI=1S/C22H23N5O/c1-14-9-19-18(13-26-21(19)25-11-14)10-16-6-7-20(27-15(16)2)24-12-17-5-4-8-23-22(17)28-3/h4-9,11,13H,10,12H2,1-3H3,(H,24,27)(H,25,26). The molecule has 0 saturated carbocycles. The van der Waals surface area contributed by atoms with Crippen molar-refractivity contribution in [2.75, 3.05) is 12.4 Å². The molecule has 4 rings (SSSR count). The molecule has 0 aliphatic heterocycles. The molecule has 0 radical (unpaired) electrons. The number of pyridine rings is 3. The highest BCUT2D eigenvalue weighted by Crippen LogP contribution is 2.23. The summed E-state index contributed by atoms with van der Waals surface area (Å²) in [6, 6.07) is 10.2. The van der Waals surface area contributed by atoms with Gasteiger partial charge in [-0.25, -0.2) is 15.0 Å². The number of fused-ring (bicyclic) bond motifs is 1. The number of aryl methyl sites for hydroxylation is 2. The van der Waals surface area contributed by atoms with E-state index in [0.717, 1.165) is 34.7 Å². The number of hydrogen-bond donors (Lipinski definition) is 2. The van der Waals surface area contributed by atoms with Crippen LogP contribution in [0, 0.1) is 13.8 Å². The Labute approximate surface area is 164 Å². The van der Waals surface area contributed by atoms with Crippen LogP contribution in [0.1, 0.15) is 27.9 Å². The maximum Gasteiger partial charge on any atom is 0.218 e. The Hall–Kier alpha value is -3.41. The molecule has 2 N–H and O–H groups in total. The molecule has 4 aromatic heterocycles. The normalized spacial score (nSPS) is 11.0. The summed E-state index contributed by atoms with van der Waals surface area (Å²) in [7, 11) is 1.63. The van der Waals surface area contributed by atoms with Crippen molar-refractivity contribution in [1.82, 2.24) is 19.9 Å². The van der Waals surface area contributed by atoms with Crippen LogP contribution in [0.25, 0.3) is 11.0 Å². The lowest BCUT2D eigenvalue weighted by molar-refractivity contribution is 0.393. The van der Waals surface area contributed by atoms with E-state index >= 15 is 0 Å². The van der Waals surface area contributed by atoms with Gasteiger partial charge in [-0.05, 0) is 48.7 Å². The molecular weight excluding hydrogens is 350 g/mol. The highest BCUT2D eigenvalue weighted by atomic mass is 16.5. The Morgan fingerprint density at radius 3 is 2.79 bits per heavy atom. The van der Waals surface area contributed by atoms with E-state index in [-0.39, 0.29) is 0 Å². The van der Waals surface area contributed by atoms with Crippen molar-refractivity contribution in [3.63, 3.8) is 0 Å². The number of aromatic nitrogens is 4. The summed E-state index contributed by atoms with van der Waals surface area (Å²) in [5.41, 5.74) is 6.53. The summed E-state index contributed by atoms with van der Waals surface area (Å²) in [5.74, 6) is 1.47. The van der Waals surface area contributed by atoms with Gasteiger partial charge in [0.15, 0.2) is 0 Å². The van der Waals surface area contributed by atoms with E-state index in [1.807, 2.05) is 37.5 Å². The van der Waals surface area contributed by atoms with Crippen molar-refractivity contribution in [3.8, 4) is 5.88 Å². The molecule has 6 nitrogen and oxygen atoms in total. The molecule has 0 spiro atoms. The topological polar surface area (TPSA) is 75.7 Å². The second kappa shape index (κ2) is 7.68. The molecule has 28 heavy (non-hydrogen) atoms. The number of anilines is 1. The number of H-pyrrole nitrogens is 1. The van der Waals surface area contributed by atoms with Gasteiger partial charge in [0, 0.05) is 48.2 Å². The minimum atomic E-state index is 0.607. The van der Waals surface area contributed by atoms with Crippen LogP contribution in [-0.2, 0) is 13.0 Å². The second-order valence-corrected chi connectivity index (χ2v) is 6.87. The number of hydrogen-bond acceptors (Lipinski definition) is 5. The van der Waals surface area contributed by atoms with Gasteiger partial charge in [0.25, 0.3) is 0 Å². The predicted molar refractivity (Wildman–Crippen MR) is 111 cm³/mol. The number of aromatic amines is 1. The first-order valence-electron chi connectivity index (χ1n) is 9.25. The third-order valence-electron chi connectivity index (χ3n) is 4.83. The van der Waals surface area contributed by atoms with Crippen molar-refractivity contribution in [1.29, 1.82) is 0 Å². The van der Waals surface area contributed by atoms with Crippen molar-refractivity contribution < 1.29 is 4.74 Å². The smallest absolute Gasteiger partial charge is 0.218 e. The second-order valence-electron chi connectivity index (χ2n) is 6.87. The lowest BCUT2D eigenvalue weighted by atomic mass is 10.0. The van der Waals surface area contributed by atoms with Crippen LogP contribution in [-0.4, -0.2) is 27.0 Å². The zero-order chi connectivity index (χ0) is 19.5. The summed E-state index contributed by atoms with van der Waals surface area (Å²) in [5, 5.41) is 4.52. The van der Waals surface area contributed by atoms with Gasteiger partial charge in [-0.1, -0.05) is 12.1 Å². The summed E-state index contributed by atoms with van der Waals surface area (Å²) in [4.78, 5) is 16.7. The monoisotopic (exact) mass is 373 g/mol. The van der Waals surface area contributed by atoms with Crippen LogP contribution in [0.4, 0.5) is 5.82 Å². The van der Waals surface area contributed by atoms with Gasteiger partial charge in [0.05, 0.1) is 7.11 Å². The van der Waals surface area contributed by atoms with Crippen LogP contribution in [0.15, 0.2) is 48.9 Å². The van der Waals surface area contributed by atoms with Crippen LogP contribution >= 0.6 is 0 Å². The molecule has 6 heteroatoms. The molecule has 0 aliphatic rings. The Bertz CT molecular complexity index is 1120. The number of rotatable bonds is 6. The summed E-state index contributed by atoms with van der Waals surface area (Å²) >= 11 is 0. The summed E-state index contributed by atoms with van der Waals surface area (Å²) < 4.78 is 5.30. The molecule has 4 heterocycles. The van der Waals surface area contributed by atoms with Crippen LogP contribution in [0.2, 0.25) is 0 Å².